The highest BCUT2D eigenvalue weighted by Gasteiger charge is 2.23. The van der Waals surface area contributed by atoms with E-state index >= 15 is 0 Å². The smallest absolute Gasteiger partial charge is 0.326 e. The van der Waals surface area contributed by atoms with E-state index in [4.69, 9.17) is 4.74 Å². The van der Waals surface area contributed by atoms with E-state index in [0.717, 1.165) is 26.9 Å². The summed E-state index contributed by atoms with van der Waals surface area (Å²) in [6, 6.07) is 19.2. The van der Waals surface area contributed by atoms with Gasteiger partial charge in [-0.05, 0) is 67.8 Å². The number of amides is 1. The van der Waals surface area contributed by atoms with Crippen LogP contribution in [0.5, 0.6) is 0 Å². The number of benzene rings is 3. The molecule has 0 saturated carbocycles. The van der Waals surface area contributed by atoms with Crippen molar-refractivity contribution in [1.82, 2.24) is 8.87 Å². The summed E-state index contributed by atoms with van der Waals surface area (Å²) in [4.78, 5) is 30.3. The van der Waals surface area contributed by atoms with Crippen LogP contribution in [-0.2, 0) is 32.6 Å². The number of hydrogen-bond acceptors (Lipinski definition) is 6. The molecule has 3 aromatic carbocycles. The minimum absolute atomic E-state index is 0.0741. The van der Waals surface area contributed by atoms with E-state index in [0.29, 0.717) is 11.3 Å². The summed E-state index contributed by atoms with van der Waals surface area (Å²) in [5.41, 5.74) is 3.98. The summed E-state index contributed by atoms with van der Waals surface area (Å²) in [5.74, 6) is -0.953. The molecule has 4 aromatic rings. The predicted molar refractivity (Wildman–Crippen MR) is 152 cm³/mol. The van der Waals surface area contributed by atoms with E-state index in [9.17, 15) is 18.0 Å². The number of nitrogens with zero attached hydrogens (tertiary/aromatic N) is 3. The highest BCUT2D eigenvalue weighted by Crippen LogP contribution is 2.24. The second-order valence-corrected chi connectivity index (χ2v) is 12.0. The van der Waals surface area contributed by atoms with Crippen molar-refractivity contribution in [3.05, 3.63) is 93.8 Å². The van der Waals surface area contributed by atoms with E-state index in [1.165, 1.54) is 39.9 Å². The van der Waals surface area contributed by atoms with E-state index < -0.39 is 21.9 Å². The minimum Gasteiger partial charge on any atom is -0.465 e. The van der Waals surface area contributed by atoms with Crippen LogP contribution in [-0.4, -0.2) is 42.3 Å². The number of hydrogen-bond donors (Lipinski definition) is 0. The van der Waals surface area contributed by atoms with E-state index in [1.54, 1.807) is 18.4 Å². The highest BCUT2D eigenvalue weighted by atomic mass is 32.2. The van der Waals surface area contributed by atoms with Gasteiger partial charge >= 0.3 is 5.97 Å². The summed E-state index contributed by atoms with van der Waals surface area (Å²) in [7, 11) is -3.76. The maximum Gasteiger partial charge on any atom is 0.326 e. The van der Waals surface area contributed by atoms with Crippen LogP contribution in [0.1, 0.15) is 40.9 Å². The lowest BCUT2D eigenvalue weighted by atomic mass is 10.1. The lowest BCUT2D eigenvalue weighted by Gasteiger charge is -2.20. The lowest BCUT2D eigenvalue weighted by molar-refractivity contribution is -0.143. The van der Waals surface area contributed by atoms with Crippen LogP contribution < -0.4 is 4.80 Å². The quantitative estimate of drug-likeness (QED) is 0.271. The van der Waals surface area contributed by atoms with E-state index in [2.05, 4.69) is 4.99 Å². The van der Waals surface area contributed by atoms with Crippen molar-refractivity contribution in [2.75, 3.05) is 13.2 Å². The molecule has 1 aromatic heterocycles. The number of aryl methyl sites for hydroxylation is 2. The average Bonchev–Trinajstić information content (AvgIpc) is 3.24. The molecular formula is C29H31N3O5S2. The first-order valence-corrected chi connectivity index (χ1v) is 14.9. The predicted octanol–water partition coefficient (Wildman–Crippen LogP) is 4.83. The molecule has 0 unspecified atom stereocenters. The Morgan fingerprint density at radius 3 is 2.33 bits per heavy atom. The van der Waals surface area contributed by atoms with Gasteiger partial charge in [0.2, 0.25) is 10.0 Å². The van der Waals surface area contributed by atoms with Gasteiger partial charge in [0.1, 0.15) is 6.54 Å². The monoisotopic (exact) mass is 565 g/mol. The topological polar surface area (TPSA) is 98.0 Å². The Morgan fingerprint density at radius 2 is 1.69 bits per heavy atom. The van der Waals surface area contributed by atoms with Crippen molar-refractivity contribution in [2.45, 2.75) is 45.7 Å². The van der Waals surface area contributed by atoms with Crippen molar-refractivity contribution in [3.63, 3.8) is 0 Å². The molecule has 10 heteroatoms. The number of rotatable bonds is 9. The molecule has 0 aliphatic carbocycles. The maximum atomic E-state index is 13.3. The van der Waals surface area contributed by atoms with Crippen LogP contribution in [0, 0.1) is 13.8 Å². The molecule has 1 heterocycles. The summed E-state index contributed by atoms with van der Waals surface area (Å²) >= 11 is 1.32. The van der Waals surface area contributed by atoms with Gasteiger partial charge in [-0.3, -0.25) is 9.59 Å². The molecule has 0 saturated heterocycles. The fraction of sp³-hybridized carbons (Fsp3) is 0.276. The highest BCUT2D eigenvalue weighted by molar-refractivity contribution is 7.89. The second kappa shape index (κ2) is 12.1. The summed E-state index contributed by atoms with van der Waals surface area (Å²) in [5, 5.41) is 0. The number of thiazole rings is 1. The number of fused-ring (bicyclic) bond motifs is 1. The Morgan fingerprint density at radius 1 is 1.00 bits per heavy atom. The average molecular weight is 566 g/mol. The standard InChI is InChI=1S/C29H31N3O5S2/c1-5-31(18-22-10-8-7-9-11-22)39(35,36)24-14-12-23(13-15-24)28(34)30-29-32(19-26(33)37-6-2)27-21(4)16-20(3)17-25(27)38-29/h7-17H,5-6,18-19H2,1-4H3. The van der Waals surface area contributed by atoms with Gasteiger partial charge in [-0.2, -0.15) is 9.30 Å². The number of carbonyl (C=O) groups is 2. The van der Waals surface area contributed by atoms with Gasteiger partial charge in [0.25, 0.3) is 5.91 Å². The van der Waals surface area contributed by atoms with Crippen molar-refractivity contribution in [3.8, 4) is 0 Å². The fourth-order valence-corrected chi connectivity index (χ4v) is 7.02. The van der Waals surface area contributed by atoms with Crippen LogP contribution >= 0.6 is 11.3 Å². The van der Waals surface area contributed by atoms with Crippen molar-refractivity contribution < 1.29 is 22.7 Å². The molecule has 0 atom stereocenters. The molecule has 0 fully saturated rings. The lowest BCUT2D eigenvalue weighted by Crippen LogP contribution is -2.30. The minimum atomic E-state index is -3.76. The van der Waals surface area contributed by atoms with Gasteiger partial charge in [-0.1, -0.05) is 54.7 Å². The van der Waals surface area contributed by atoms with Crippen LogP contribution in [0.2, 0.25) is 0 Å². The molecule has 0 aliphatic heterocycles. The Hall–Kier alpha value is -3.60. The maximum absolute atomic E-state index is 13.3. The van der Waals surface area contributed by atoms with Crippen LogP contribution in [0.3, 0.4) is 0 Å². The SMILES string of the molecule is CCOC(=O)Cn1c(=NC(=O)c2ccc(S(=O)(=O)N(CC)Cc3ccccc3)cc2)sc2cc(C)cc(C)c21. The summed E-state index contributed by atoms with van der Waals surface area (Å²) < 4.78 is 35.7. The van der Waals surface area contributed by atoms with Crippen molar-refractivity contribution in [1.29, 1.82) is 0 Å². The first kappa shape index (κ1) is 28.4. The largest absolute Gasteiger partial charge is 0.465 e. The molecule has 204 valence electrons. The summed E-state index contributed by atoms with van der Waals surface area (Å²) in [6.45, 7) is 8.20. The Labute approximate surface area is 232 Å². The van der Waals surface area contributed by atoms with Crippen molar-refractivity contribution >= 4 is 43.5 Å². The Bertz CT molecular complexity index is 1670. The zero-order valence-electron chi connectivity index (χ0n) is 22.4. The zero-order chi connectivity index (χ0) is 28.2. The molecule has 0 radical (unpaired) electrons. The number of sulfonamides is 1. The van der Waals surface area contributed by atoms with Gasteiger partial charge in [0.05, 0.1) is 21.7 Å². The van der Waals surface area contributed by atoms with Gasteiger partial charge in [-0.15, -0.1) is 0 Å². The van der Waals surface area contributed by atoms with E-state index in [1.807, 2.05) is 56.3 Å². The molecule has 0 aliphatic rings. The van der Waals surface area contributed by atoms with Gasteiger partial charge in [0, 0.05) is 18.7 Å². The van der Waals surface area contributed by atoms with E-state index in [-0.39, 0.29) is 30.2 Å². The zero-order valence-corrected chi connectivity index (χ0v) is 24.0. The van der Waals surface area contributed by atoms with Gasteiger partial charge < -0.3 is 9.30 Å². The Balaban J connectivity index is 1.66. The normalized spacial score (nSPS) is 12.3. The fourth-order valence-electron chi connectivity index (χ4n) is 4.38. The molecule has 1 amide bonds. The number of aromatic nitrogens is 1. The second-order valence-electron chi connectivity index (χ2n) is 9.06. The number of ether oxygens (including phenoxy) is 1. The third kappa shape index (κ3) is 6.35. The van der Waals surface area contributed by atoms with Gasteiger partial charge in [0.15, 0.2) is 4.80 Å². The van der Waals surface area contributed by atoms with Gasteiger partial charge in [-0.25, -0.2) is 8.42 Å². The first-order chi connectivity index (χ1) is 18.6. The molecule has 0 bridgehead atoms. The molecule has 0 spiro atoms. The van der Waals surface area contributed by atoms with Crippen LogP contribution in [0.15, 0.2) is 76.6 Å². The molecule has 4 rings (SSSR count). The molecule has 39 heavy (non-hydrogen) atoms. The van der Waals surface area contributed by atoms with Crippen LogP contribution in [0.25, 0.3) is 10.2 Å². The van der Waals surface area contributed by atoms with Crippen LogP contribution in [0.4, 0.5) is 0 Å². The number of esters is 1. The third-order valence-electron chi connectivity index (χ3n) is 6.20. The first-order valence-electron chi connectivity index (χ1n) is 12.6. The third-order valence-corrected chi connectivity index (χ3v) is 9.16. The van der Waals surface area contributed by atoms with Crippen molar-refractivity contribution in [2.24, 2.45) is 4.99 Å². The molecular weight excluding hydrogens is 534 g/mol. The molecule has 8 nitrogen and oxygen atoms in total. The summed E-state index contributed by atoms with van der Waals surface area (Å²) in [6.07, 6.45) is 0. The number of carbonyl (C=O) groups excluding carboxylic acids is 2. The molecule has 0 N–H and O–H groups in total. The Kier molecular flexibility index (Phi) is 8.79.